The Morgan fingerprint density at radius 1 is 0.913 bits per heavy atom. The average molecular weight is 617 g/mol. The number of pyridine rings is 1. The third-order valence-corrected chi connectivity index (χ3v) is 8.28. The summed E-state index contributed by atoms with van der Waals surface area (Å²) in [5.74, 6) is 1.23. The highest BCUT2D eigenvalue weighted by Gasteiger charge is 2.35. The Kier molecular flexibility index (Phi) is 7.84. The Hall–Kier alpha value is -5.64. The molecule has 1 saturated heterocycles. The van der Waals surface area contributed by atoms with E-state index in [1.807, 2.05) is 61.5 Å². The molecule has 5 aromatic rings. The number of aromatic nitrogens is 1. The van der Waals surface area contributed by atoms with E-state index in [4.69, 9.17) is 13.9 Å². The maximum absolute atomic E-state index is 13.7. The zero-order valence-corrected chi connectivity index (χ0v) is 25.2. The van der Waals surface area contributed by atoms with Crippen LogP contribution in [0.3, 0.4) is 0 Å². The summed E-state index contributed by atoms with van der Waals surface area (Å²) >= 11 is 0. The zero-order chi connectivity index (χ0) is 31.6. The van der Waals surface area contributed by atoms with E-state index in [-0.39, 0.29) is 30.9 Å². The molecule has 2 N–H and O–H groups in total. The van der Waals surface area contributed by atoms with Crippen LogP contribution in [0.4, 0.5) is 0 Å². The van der Waals surface area contributed by atoms with Gasteiger partial charge in [0.05, 0.1) is 11.6 Å². The molecule has 2 aromatic heterocycles. The Bertz CT molecular complexity index is 1930. The monoisotopic (exact) mass is 616 g/mol. The van der Waals surface area contributed by atoms with Gasteiger partial charge in [0.2, 0.25) is 0 Å². The van der Waals surface area contributed by atoms with Gasteiger partial charge in [-0.15, -0.1) is 0 Å². The van der Waals surface area contributed by atoms with Crippen LogP contribution in [0.25, 0.3) is 22.1 Å². The standard InChI is InChI=1S/C36H32N4O6/c1-22-13-26-14-25(7-10-32(26)45-22)36(43)40-12-11-33-31(20-40)39-35(42)28-15-27(18-37-19-28)24-3-2-4-30(16-24)44-21-34(41)38-17-23-5-8-29(46-33)9-6-23/h2-10,13-16,18-19,31,33H,11-12,17,20-21H2,1H3,(H,38,41)(H,39,42)/t31-,33+/m1/s1. The number of likely N-dealkylation sites (tertiary alicyclic amines) is 1. The van der Waals surface area contributed by atoms with E-state index in [0.717, 1.165) is 33.4 Å². The topological polar surface area (TPSA) is 123 Å². The Morgan fingerprint density at radius 2 is 1.76 bits per heavy atom. The summed E-state index contributed by atoms with van der Waals surface area (Å²) < 4.78 is 17.8. The number of piperidine rings is 1. The van der Waals surface area contributed by atoms with Gasteiger partial charge < -0.3 is 29.4 Å². The van der Waals surface area contributed by atoms with Crippen LogP contribution in [-0.4, -0.2) is 59.4 Å². The quantitative estimate of drug-likeness (QED) is 0.275. The molecule has 6 bridgehead atoms. The number of aryl methyl sites for hydroxylation is 1. The van der Waals surface area contributed by atoms with Crippen molar-refractivity contribution >= 4 is 28.7 Å². The molecular formula is C36H32N4O6. The lowest BCUT2D eigenvalue weighted by atomic mass is 9.99. The van der Waals surface area contributed by atoms with Crippen LogP contribution in [0.5, 0.6) is 11.5 Å². The molecule has 5 heterocycles. The van der Waals surface area contributed by atoms with Gasteiger partial charge in [0.15, 0.2) is 6.61 Å². The summed E-state index contributed by atoms with van der Waals surface area (Å²) in [7, 11) is 0. The van der Waals surface area contributed by atoms with Crippen molar-refractivity contribution < 1.29 is 28.3 Å². The fraction of sp³-hybridized carbons (Fsp3) is 0.222. The number of amides is 3. The number of benzene rings is 3. The molecule has 8 rings (SSSR count). The molecule has 0 aliphatic carbocycles. The molecule has 0 radical (unpaired) electrons. The lowest BCUT2D eigenvalue weighted by Gasteiger charge is -2.39. The molecule has 2 atom stereocenters. The Labute approximate surface area is 265 Å². The summed E-state index contributed by atoms with van der Waals surface area (Å²) in [6, 6.07) is 23.3. The molecule has 10 nitrogen and oxygen atoms in total. The number of rotatable bonds is 1. The van der Waals surface area contributed by atoms with Gasteiger partial charge in [-0.1, -0.05) is 24.3 Å². The van der Waals surface area contributed by atoms with E-state index in [1.54, 1.807) is 35.4 Å². The summed E-state index contributed by atoms with van der Waals surface area (Å²) in [5, 5.41) is 6.88. The molecule has 10 heteroatoms. The molecule has 3 aliphatic heterocycles. The van der Waals surface area contributed by atoms with Crippen LogP contribution in [0, 0.1) is 6.92 Å². The highest BCUT2D eigenvalue weighted by molar-refractivity contribution is 5.98. The van der Waals surface area contributed by atoms with Gasteiger partial charge in [0.25, 0.3) is 17.7 Å². The van der Waals surface area contributed by atoms with Crippen molar-refractivity contribution in [2.45, 2.75) is 32.0 Å². The van der Waals surface area contributed by atoms with Crippen LogP contribution < -0.4 is 20.1 Å². The molecule has 1 fully saturated rings. The Morgan fingerprint density at radius 3 is 2.63 bits per heavy atom. The predicted octanol–water partition coefficient (Wildman–Crippen LogP) is 4.90. The maximum atomic E-state index is 13.7. The molecule has 3 aliphatic rings. The van der Waals surface area contributed by atoms with E-state index < -0.39 is 12.1 Å². The largest absolute Gasteiger partial charge is 0.488 e. The lowest BCUT2D eigenvalue weighted by Crippen LogP contribution is -2.58. The molecular weight excluding hydrogens is 584 g/mol. The maximum Gasteiger partial charge on any atom is 0.258 e. The van der Waals surface area contributed by atoms with Gasteiger partial charge in [-0.2, -0.15) is 0 Å². The number of hydrogen-bond acceptors (Lipinski definition) is 7. The van der Waals surface area contributed by atoms with Crippen molar-refractivity contribution in [2.24, 2.45) is 0 Å². The fourth-order valence-corrected chi connectivity index (χ4v) is 5.89. The van der Waals surface area contributed by atoms with Crippen molar-refractivity contribution in [1.29, 1.82) is 0 Å². The minimum Gasteiger partial charge on any atom is -0.488 e. The lowest BCUT2D eigenvalue weighted by molar-refractivity contribution is -0.123. The van der Waals surface area contributed by atoms with Gasteiger partial charge >= 0.3 is 0 Å². The smallest absolute Gasteiger partial charge is 0.258 e. The molecule has 46 heavy (non-hydrogen) atoms. The third kappa shape index (κ3) is 6.28. The van der Waals surface area contributed by atoms with Gasteiger partial charge in [0.1, 0.15) is 28.9 Å². The van der Waals surface area contributed by atoms with Crippen LogP contribution in [0.15, 0.2) is 95.7 Å². The van der Waals surface area contributed by atoms with Gasteiger partial charge in [-0.3, -0.25) is 19.4 Å². The number of carbonyl (C=O) groups is 3. The van der Waals surface area contributed by atoms with E-state index in [1.165, 1.54) is 6.20 Å². The van der Waals surface area contributed by atoms with Gasteiger partial charge in [0, 0.05) is 55.0 Å². The number of ether oxygens (including phenoxy) is 2. The predicted molar refractivity (Wildman–Crippen MR) is 171 cm³/mol. The van der Waals surface area contributed by atoms with E-state index in [0.29, 0.717) is 42.1 Å². The second kappa shape index (κ2) is 12.4. The number of nitrogens with zero attached hydrogens (tertiary/aromatic N) is 2. The average Bonchev–Trinajstić information content (AvgIpc) is 3.46. The summed E-state index contributed by atoms with van der Waals surface area (Å²) in [6.07, 6.45) is 3.29. The first kappa shape index (κ1) is 29.1. The van der Waals surface area contributed by atoms with Crippen molar-refractivity contribution in [3.63, 3.8) is 0 Å². The first-order valence-corrected chi connectivity index (χ1v) is 15.2. The molecule has 3 aromatic carbocycles. The second-order valence-corrected chi connectivity index (χ2v) is 11.6. The first-order valence-electron chi connectivity index (χ1n) is 15.2. The van der Waals surface area contributed by atoms with E-state index >= 15 is 0 Å². The first-order chi connectivity index (χ1) is 22.4. The number of fused-ring (bicyclic) bond motifs is 8. The van der Waals surface area contributed by atoms with Crippen LogP contribution >= 0.6 is 0 Å². The summed E-state index contributed by atoms with van der Waals surface area (Å²) in [5.41, 5.74) is 4.05. The summed E-state index contributed by atoms with van der Waals surface area (Å²) in [4.78, 5) is 45.9. The molecule has 0 saturated carbocycles. The van der Waals surface area contributed by atoms with Crippen LogP contribution in [0.1, 0.15) is 38.5 Å². The minimum absolute atomic E-state index is 0.128. The normalized spacial score (nSPS) is 18.5. The molecule has 0 spiro atoms. The fourth-order valence-electron chi connectivity index (χ4n) is 5.89. The summed E-state index contributed by atoms with van der Waals surface area (Å²) in [6.45, 7) is 2.79. The molecule has 3 amide bonds. The molecule has 232 valence electrons. The number of furan rings is 1. The van der Waals surface area contributed by atoms with Crippen LogP contribution in [0.2, 0.25) is 0 Å². The van der Waals surface area contributed by atoms with Gasteiger partial charge in [-0.25, -0.2) is 0 Å². The van der Waals surface area contributed by atoms with Crippen molar-refractivity contribution in [3.8, 4) is 22.6 Å². The minimum atomic E-state index is -0.505. The van der Waals surface area contributed by atoms with Crippen LogP contribution in [-0.2, 0) is 11.3 Å². The van der Waals surface area contributed by atoms with E-state index in [9.17, 15) is 14.4 Å². The SMILES string of the molecule is Cc1cc2cc(C(=O)N3CC[C@@H]4Oc5ccc(cc5)CNC(=O)COc5cccc(c5)-c5cncc(c5)C(=O)N[C@@H]4C3)ccc2o1. The van der Waals surface area contributed by atoms with E-state index in [2.05, 4.69) is 15.6 Å². The van der Waals surface area contributed by atoms with Crippen molar-refractivity contribution in [3.05, 3.63) is 114 Å². The highest BCUT2D eigenvalue weighted by Crippen LogP contribution is 2.27. The number of carbonyl (C=O) groups excluding carboxylic acids is 3. The zero-order valence-electron chi connectivity index (χ0n) is 25.2. The highest BCUT2D eigenvalue weighted by atomic mass is 16.5. The van der Waals surface area contributed by atoms with Gasteiger partial charge in [-0.05, 0) is 72.6 Å². The number of hydrogen-bond donors (Lipinski definition) is 2. The van der Waals surface area contributed by atoms with Crippen molar-refractivity contribution in [1.82, 2.24) is 20.5 Å². The molecule has 0 unspecified atom stereocenters. The Balaban J connectivity index is 1.19. The second-order valence-electron chi connectivity index (χ2n) is 11.6. The third-order valence-electron chi connectivity index (χ3n) is 8.28. The number of nitrogens with one attached hydrogen (secondary N) is 2. The van der Waals surface area contributed by atoms with Crippen molar-refractivity contribution in [2.75, 3.05) is 19.7 Å².